The summed E-state index contributed by atoms with van der Waals surface area (Å²) in [6.45, 7) is 4.22. The van der Waals surface area contributed by atoms with Crippen molar-refractivity contribution in [2.24, 2.45) is 11.8 Å². The first kappa shape index (κ1) is 15.1. The second-order valence-corrected chi connectivity index (χ2v) is 6.92. The summed E-state index contributed by atoms with van der Waals surface area (Å²) in [4.78, 5) is 27.1. The van der Waals surface area contributed by atoms with Crippen LogP contribution < -0.4 is 0 Å². The van der Waals surface area contributed by atoms with Gasteiger partial charge in [-0.2, -0.15) is 0 Å². The number of carbonyl (C=O) groups excluding carboxylic acids is 2. The minimum atomic E-state index is -0.643. The summed E-state index contributed by atoms with van der Waals surface area (Å²) >= 11 is 0. The number of ether oxygens (including phenoxy) is 3. The van der Waals surface area contributed by atoms with Crippen LogP contribution in [0, 0.1) is 11.8 Å². The Morgan fingerprint density at radius 1 is 1.52 bits per heavy atom. The number of nitrogens with zero attached hydrogens (tertiary/aromatic N) is 1. The third-order valence-electron chi connectivity index (χ3n) is 5.35. The van der Waals surface area contributed by atoms with Gasteiger partial charge in [0.15, 0.2) is 0 Å². The summed E-state index contributed by atoms with van der Waals surface area (Å²) in [6.07, 6.45) is 6.48. The van der Waals surface area contributed by atoms with Crippen LogP contribution in [0.3, 0.4) is 0 Å². The van der Waals surface area contributed by atoms with E-state index in [1.165, 1.54) is 0 Å². The summed E-state index contributed by atoms with van der Waals surface area (Å²) < 4.78 is 17.0. The standard InChI is InChI=1S/C17H23NO5/c1-2-7-22-16(20)13-12-5-6-17(23-12)10-18(15(19)14(13)17)9-11-4-3-8-21-11/h5-6,11-14H,2-4,7-10H2,1H3/t11-,12+,13+,14-,17+/m0/s1. The lowest BCUT2D eigenvalue weighted by atomic mass is 9.77. The molecule has 3 fully saturated rings. The lowest BCUT2D eigenvalue weighted by molar-refractivity contribution is -0.154. The summed E-state index contributed by atoms with van der Waals surface area (Å²) in [5.74, 6) is -1.25. The van der Waals surface area contributed by atoms with E-state index in [-0.39, 0.29) is 24.1 Å². The van der Waals surface area contributed by atoms with E-state index >= 15 is 0 Å². The van der Waals surface area contributed by atoms with Gasteiger partial charge in [-0.1, -0.05) is 19.1 Å². The highest BCUT2D eigenvalue weighted by atomic mass is 16.6. The average Bonchev–Trinajstić information content (AvgIpc) is 3.28. The van der Waals surface area contributed by atoms with E-state index in [1.807, 2.05) is 24.0 Å². The van der Waals surface area contributed by atoms with Gasteiger partial charge in [0, 0.05) is 13.2 Å². The second kappa shape index (κ2) is 5.60. The van der Waals surface area contributed by atoms with Gasteiger partial charge < -0.3 is 19.1 Å². The van der Waals surface area contributed by atoms with Gasteiger partial charge in [0.2, 0.25) is 5.91 Å². The van der Waals surface area contributed by atoms with E-state index in [1.54, 1.807) is 0 Å². The van der Waals surface area contributed by atoms with Gasteiger partial charge >= 0.3 is 5.97 Å². The predicted molar refractivity (Wildman–Crippen MR) is 80.5 cm³/mol. The largest absolute Gasteiger partial charge is 0.465 e. The van der Waals surface area contributed by atoms with Crippen molar-refractivity contribution in [2.75, 3.05) is 26.3 Å². The van der Waals surface area contributed by atoms with Crippen LogP contribution >= 0.6 is 0 Å². The first-order valence-corrected chi connectivity index (χ1v) is 8.59. The number of likely N-dealkylation sites (tertiary alicyclic amines) is 1. The fourth-order valence-electron chi connectivity index (χ4n) is 4.33. The van der Waals surface area contributed by atoms with Crippen LogP contribution in [0.1, 0.15) is 26.2 Å². The fraction of sp³-hybridized carbons (Fsp3) is 0.765. The third-order valence-corrected chi connectivity index (χ3v) is 5.35. The molecule has 0 radical (unpaired) electrons. The average molecular weight is 321 g/mol. The van der Waals surface area contributed by atoms with Crippen LogP contribution in [-0.2, 0) is 23.8 Å². The van der Waals surface area contributed by atoms with Crippen molar-refractivity contribution in [2.45, 2.75) is 44.0 Å². The van der Waals surface area contributed by atoms with Gasteiger partial charge in [-0.25, -0.2) is 0 Å². The highest BCUT2D eigenvalue weighted by Gasteiger charge is 2.67. The molecule has 0 unspecified atom stereocenters. The maximum absolute atomic E-state index is 12.9. The van der Waals surface area contributed by atoms with E-state index in [0.717, 1.165) is 25.9 Å². The van der Waals surface area contributed by atoms with Crippen molar-refractivity contribution in [1.82, 2.24) is 4.90 Å². The van der Waals surface area contributed by atoms with Gasteiger partial charge in [0.1, 0.15) is 11.5 Å². The Morgan fingerprint density at radius 2 is 2.39 bits per heavy atom. The molecule has 4 aliphatic rings. The molecular weight excluding hydrogens is 298 g/mol. The number of hydrogen-bond acceptors (Lipinski definition) is 5. The molecule has 1 amide bonds. The van der Waals surface area contributed by atoms with Gasteiger partial charge in [-0.15, -0.1) is 0 Å². The first-order chi connectivity index (χ1) is 11.1. The smallest absolute Gasteiger partial charge is 0.312 e. The molecule has 6 heteroatoms. The Hall–Kier alpha value is -1.40. The summed E-state index contributed by atoms with van der Waals surface area (Å²) in [5.41, 5.74) is -0.643. The highest BCUT2D eigenvalue weighted by molar-refractivity contribution is 5.91. The van der Waals surface area contributed by atoms with E-state index in [2.05, 4.69) is 0 Å². The maximum atomic E-state index is 12.9. The molecule has 1 spiro atoms. The molecule has 2 bridgehead atoms. The molecule has 0 saturated carbocycles. The maximum Gasteiger partial charge on any atom is 0.312 e. The van der Waals surface area contributed by atoms with E-state index < -0.39 is 17.4 Å². The Morgan fingerprint density at radius 3 is 3.13 bits per heavy atom. The normalized spacial score (nSPS) is 40.9. The second-order valence-electron chi connectivity index (χ2n) is 6.92. The van der Waals surface area contributed by atoms with Crippen molar-refractivity contribution >= 4 is 11.9 Å². The van der Waals surface area contributed by atoms with Crippen molar-refractivity contribution < 1.29 is 23.8 Å². The van der Waals surface area contributed by atoms with Gasteiger partial charge in [0.25, 0.3) is 0 Å². The number of carbonyl (C=O) groups is 2. The van der Waals surface area contributed by atoms with Crippen LogP contribution in [-0.4, -0.2) is 60.9 Å². The zero-order valence-electron chi connectivity index (χ0n) is 13.4. The summed E-state index contributed by atoms with van der Waals surface area (Å²) in [6, 6.07) is 0. The molecule has 0 aromatic heterocycles. The number of amides is 1. The van der Waals surface area contributed by atoms with Gasteiger partial charge in [-0.3, -0.25) is 9.59 Å². The minimum absolute atomic E-state index is 0.00537. The Kier molecular flexibility index (Phi) is 3.69. The van der Waals surface area contributed by atoms with Crippen LogP contribution in [0.15, 0.2) is 12.2 Å². The Bertz CT molecular complexity index is 541. The Balaban J connectivity index is 1.52. The number of rotatable bonds is 5. The highest BCUT2D eigenvalue weighted by Crippen LogP contribution is 2.52. The zero-order valence-corrected chi connectivity index (χ0v) is 13.4. The summed E-state index contributed by atoms with van der Waals surface area (Å²) in [5, 5.41) is 0. The molecule has 5 atom stereocenters. The monoisotopic (exact) mass is 321 g/mol. The van der Waals surface area contributed by atoms with Crippen LogP contribution in [0.4, 0.5) is 0 Å². The van der Waals surface area contributed by atoms with E-state index in [0.29, 0.717) is 19.7 Å². The lowest BCUT2D eigenvalue weighted by Gasteiger charge is -2.23. The molecule has 0 aromatic carbocycles. The molecule has 3 saturated heterocycles. The van der Waals surface area contributed by atoms with Crippen LogP contribution in [0.2, 0.25) is 0 Å². The zero-order chi connectivity index (χ0) is 16.0. The van der Waals surface area contributed by atoms with Crippen molar-refractivity contribution in [3.63, 3.8) is 0 Å². The minimum Gasteiger partial charge on any atom is -0.465 e. The number of hydrogen-bond donors (Lipinski definition) is 0. The first-order valence-electron chi connectivity index (χ1n) is 8.59. The van der Waals surface area contributed by atoms with Gasteiger partial charge in [-0.05, 0) is 19.3 Å². The third kappa shape index (κ3) is 2.31. The van der Waals surface area contributed by atoms with Crippen LogP contribution in [0.25, 0.3) is 0 Å². The molecule has 4 rings (SSSR count). The molecule has 23 heavy (non-hydrogen) atoms. The number of fused-ring (bicyclic) bond motifs is 1. The SMILES string of the molecule is CCCOC(=O)[C@H]1[C@H]2C(=O)N(C[C@@H]3CCCO3)C[C@]23C=C[C@H]1O3. The van der Waals surface area contributed by atoms with Crippen molar-refractivity contribution in [3.05, 3.63) is 12.2 Å². The molecule has 4 heterocycles. The molecular formula is C17H23NO5. The summed E-state index contributed by atoms with van der Waals surface area (Å²) in [7, 11) is 0. The molecule has 0 aromatic rings. The fourth-order valence-corrected chi connectivity index (χ4v) is 4.33. The van der Waals surface area contributed by atoms with E-state index in [4.69, 9.17) is 14.2 Å². The molecule has 126 valence electrons. The Labute approximate surface area is 135 Å². The lowest BCUT2D eigenvalue weighted by Crippen LogP contribution is -2.40. The quantitative estimate of drug-likeness (QED) is 0.556. The van der Waals surface area contributed by atoms with Crippen LogP contribution in [0.5, 0.6) is 0 Å². The van der Waals surface area contributed by atoms with Gasteiger partial charge in [0.05, 0.1) is 31.3 Å². The van der Waals surface area contributed by atoms with Crippen molar-refractivity contribution in [1.29, 1.82) is 0 Å². The topological polar surface area (TPSA) is 65.1 Å². The molecule has 0 aliphatic carbocycles. The predicted octanol–water partition coefficient (Wildman–Crippen LogP) is 0.901. The number of esters is 1. The van der Waals surface area contributed by atoms with Crippen molar-refractivity contribution in [3.8, 4) is 0 Å². The molecule has 6 nitrogen and oxygen atoms in total. The molecule has 4 aliphatic heterocycles. The van der Waals surface area contributed by atoms with E-state index in [9.17, 15) is 9.59 Å². The molecule has 0 N–H and O–H groups in total.